The molecule has 4 heterocycles. The summed E-state index contributed by atoms with van der Waals surface area (Å²) in [5.41, 5.74) is 2.50. The topological polar surface area (TPSA) is 83.0 Å². The summed E-state index contributed by atoms with van der Waals surface area (Å²) in [6, 6.07) is 3.85. The van der Waals surface area contributed by atoms with Crippen molar-refractivity contribution >= 4 is 39.5 Å². The first kappa shape index (κ1) is 19.9. The van der Waals surface area contributed by atoms with Crippen LogP contribution in [-0.4, -0.2) is 51.9 Å². The van der Waals surface area contributed by atoms with Crippen molar-refractivity contribution in [3.63, 3.8) is 0 Å². The Morgan fingerprint density at radius 1 is 1.21 bits per heavy atom. The van der Waals surface area contributed by atoms with E-state index in [-0.39, 0.29) is 11.9 Å². The molecule has 9 heteroatoms. The number of pyridine rings is 1. The minimum atomic E-state index is -0.0637. The average Bonchev–Trinajstić information content (AvgIpc) is 3.29. The van der Waals surface area contributed by atoms with Crippen molar-refractivity contribution in [2.24, 2.45) is 0 Å². The van der Waals surface area contributed by atoms with Gasteiger partial charge in [-0.2, -0.15) is 0 Å². The standard InChI is InChI=1S/C20H24N6OS2/c1-12-18(29-13(2)22-12)16-11-28-20(24-16)25-17-5-4-14(10-21-17)19(27)23-15-6-8-26(3)9-7-15/h4-5,10-11,15H,6-9H2,1-3H3,(H,23,27)(H,21,24,25). The van der Waals surface area contributed by atoms with E-state index in [2.05, 4.69) is 37.5 Å². The Balaban J connectivity index is 1.37. The largest absolute Gasteiger partial charge is 0.349 e. The van der Waals surface area contributed by atoms with Gasteiger partial charge in [0.05, 0.1) is 26.8 Å². The molecule has 1 amide bonds. The van der Waals surface area contributed by atoms with Crippen LogP contribution < -0.4 is 10.6 Å². The first-order valence-corrected chi connectivity index (χ1v) is 11.3. The highest BCUT2D eigenvalue weighted by Gasteiger charge is 2.19. The molecule has 1 aliphatic heterocycles. The van der Waals surface area contributed by atoms with Crippen LogP contribution in [-0.2, 0) is 0 Å². The number of nitrogens with zero attached hydrogens (tertiary/aromatic N) is 4. The number of amides is 1. The summed E-state index contributed by atoms with van der Waals surface area (Å²) in [5.74, 6) is 0.602. The summed E-state index contributed by atoms with van der Waals surface area (Å²) in [5, 5.41) is 10.2. The summed E-state index contributed by atoms with van der Waals surface area (Å²) in [6.07, 6.45) is 3.58. The highest BCUT2D eigenvalue weighted by Crippen LogP contribution is 2.32. The third-order valence-corrected chi connectivity index (χ3v) is 6.81. The van der Waals surface area contributed by atoms with E-state index in [0.717, 1.165) is 52.3 Å². The summed E-state index contributed by atoms with van der Waals surface area (Å²) in [7, 11) is 2.11. The molecular weight excluding hydrogens is 404 g/mol. The number of aryl methyl sites for hydroxylation is 2. The number of likely N-dealkylation sites (tertiary alicyclic amines) is 1. The second-order valence-electron chi connectivity index (χ2n) is 7.29. The highest BCUT2D eigenvalue weighted by atomic mass is 32.1. The van der Waals surface area contributed by atoms with Gasteiger partial charge in [-0.25, -0.2) is 15.0 Å². The molecule has 0 atom stereocenters. The minimum Gasteiger partial charge on any atom is -0.349 e. The van der Waals surface area contributed by atoms with E-state index in [9.17, 15) is 4.79 Å². The van der Waals surface area contributed by atoms with Crippen molar-refractivity contribution < 1.29 is 4.79 Å². The van der Waals surface area contributed by atoms with Crippen molar-refractivity contribution in [3.8, 4) is 10.6 Å². The Hall–Kier alpha value is -2.36. The third-order valence-electron chi connectivity index (χ3n) is 4.95. The number of rotatable bonds is 5. The zero-order valence-corrected chi connectivity index (χ0v) is 18.4. The number of anilines is 2. The molecule has 1 fully saturated rings. The Kier molecular flexibility index (Phi) is 5.89. The van der Waals surface area contributed by atoms with E-state index in [4.69, 9.17) is 0 Å². The molecular formula is C20H24N6OS2. The van der Waals surface area contributed by atoms with Crippen LogP contribution >= 0.6 is 22.7 Å². The molecule has 0 aromatic carbocycles. The SMILES string of the molecule is Cc1nc(C)c(-c2csc(Nc3ccc(C(=O)NC4CCN(C)CC4)cn3)n2)s1. The lowest BCUT2D eigenvalue weighted by atomic mass is 10.1. The number of nitrogens with one attached hydrogen (secondary N) is 2. The zero-order valence-electron chi connectivity index (χ0n) is 16.7. The molecule has 1 aliphatic rings. The Morgan fingerprint density at radius 2 is 2.00 bits per heavy atom. The first-order valence-electron chi connectivity index (χ1n) is 9.60. The van der Waals surface area contributed by atoms with Crippen molar-refractivity contribution in [2.75, 3.05) is 25.5 Å². The molecule has 0 bridgehead atoms. The lowest BCUT2D eigenvalue weighted by Crippen LogP contribution is -2.43. The predicted molar refractivity (Wildman–Crippen MR) is 118 cm³/mol. The maximum Gasteiger partial charge on any atom is 0.253 e. The van der Waals surface area contributed by atoms with Gasteiger partial charge in [-0.05, 0) is 59.0 Å². The van der Waals surface area contributed by atoms with E-state index in [0.29, 0.717) is 11.4 Å². The highest BCUT2D eigenvalue weighted by molar-refractivity contribution is 7.16. The van der Waals surface area contributed by atoms with E-state index in [1.54, 1.807) is 23.6 Å². The smallest absolute Gasteiger partial charge is 0.253 e. The molecule has 0 aliphatic carbocycles. The molecule has 152 valence electrons. The van der Waals surface area contributed by atoms with Crippen molar-refractivity contribution in [2.45, 2.75) is 32.7 Å². The number of hydrogen-bond acceptors (Lipinski definition) is 8. The fourth-order valence-corrected chi connectivity index (χ4v) is 5.00. The molecule has 4 rings (SSSR count). The van der Waals surface area contributed by atoms with Gasteiger partial charge in [0, 0.05) is 17.6 Å². The molecule has 0 saturated carbocycles. The van der Waals surface area contributed by atoms with Gasteiger partial charge in [0.25, 0.3) is 5.91 Å². The fraction of sp³-hybridized carbons (Fsp3) is 0.400. The van der Waals surface area contributed by atoms with Crippen LogP contribution in [0.5, 0.6) is 0 Å². The number of hydrogen-bond donors (Lipinski definition) is 2. The van der Waals surface area contributed by atoms with Gasteiger partial charge in [-0.3, -0.25) is 4.79 Å². The minimum absolute atomic E-state index is 0.0637. The summed E-state index contributed by atoms with van der Waals surface area (Å²) >= 11 is 3.17. The zero-order chi connectivity index (χ0) is 20.4. The van der Waals surface area contributed by atoms with Crippen LogP contribution in [0.25, 0.3) is 10.6 Å². The van der Waals surface area contributed by atoms with Crippen LogP contribution in [0.15, 0.2) is 23.7 Å². The lowest BCUT2D eigenvalue weighted by molar-refractivity contribution is 0.0916. The van der Waals surface area contributed by atoms with E-state index >= 15 is 0 Å². The Bertz CT molecular complexity index is 989. The Labute approximate surface area is 178 Å². The van der Waals surface area contributed by atoms with Gasteiger partial charge >= 0.3 is 0 Å². The monoisotopic (exact) mass is 428 g/mol. The van der Waals surface area contributed by atoms with Crippen LogP contribution in [0.1, 0.15) is 33.9 Å². The molecule has 2 N–H and O–H groups in total. The van der Waals surface area contributed by atoms with Gasteiger partial charge in [0.15, 0.2) is 5.13 Å². The van der Waals surface area contributed by atoms with E-state index in [1.165, 1.54) is 11.3 Å². The number of aromatic nitrogens is 3. The molecule has 1 saturated heterocycles. The van der Waals surface area contributed by atoms with Crippen molar-refractivity contribution in [1.29, 1.82) is 0 Å². The molecule has 0 radical (unpaired) electrons. The lowest BCUT2D eigenvalue weighted by Gasteiger charge is -2.29. The van der Waals surface area contributed by atoms with Crippen molar-refractivity contribution in [1.82, 2.24) is 25.2 Å². The average molecular weight is 429 g/mol. The van der Waals surface area contributed by atoms with Crippen LogP contribution in [0, 0.1) is 13.8 Å². The number of piperidine rings is 1. The summed E-state index contributed by atoms with van der Waals surface area (Å²) < 4.78 is 0. The van der Waals surface area contributed by atoms with Crippen LogP contribution in [0.2, 0.25) is 0 Å². The van der Waals surface area contributed by atoms with Crippen molar-refractivity contribution in [3.05, 3.63) is 40.0 Å². The normalized spacial score (nSPS) is 15.4. The van der Waals surface area contributed by atoms with Gasteiger partial charge in [-0.15, -0.1) is 22.7 Å². The van der Waals surface area contributed by atoms with E-state index in [1.807, 2.05) is 25.3 Å². The third kappa shape index (κ3) is 4.80. The molecule has 0 unspecified atom stereocenters. The molecule has 7 nitrogen and oxygen atoms in total. The number of carbonyl (C=O) groups is 1. The quantitative estimate of drug-likeness (QED) is 0.642. The summed E-state index contributed by atoms with van der Waals surface area (Å²) in [6.45, 7) is 6.04. The fourth-order valence-electron chi connectivity index (χ4n) is 3.34. The molecule has 3 aromatic rings. The maximum absolute atomic E-state index is 12.5. The second kappa shape index (κ2) is 8.56. The number of thiazole rings is 2. The maximum atomic E-state index is 12.5. The van der Waals surface area contributed by atoms with E-state index < -0.39 is 0 Å². The summed E-state index contributed by atoms with van der Waals surface area (Å²) in [4.78, 5) is 29.3. The van der Waals surface area contributed by atoms with Gasteiger partial charge in [-0.1, -0.05) is 0 Å². The van der Waals surface area contributed by atoms with Gasteiger partial charge in [0.1, 0.15) is 5.82 Å². The van der Waals surface area contributed by atoms with Gasteiger partial charge < -0.3 is 15.5 Å². The molecule has 0 spiro atoms. The molecule has 29 heavy (non-hydrogen) atoms. The van der Waals surface area contributed by atoms with Crippen LogP contribution in [0.3, 0.4) is 0 Å². The Morgan fingerprint density at radius 3 is 2.66 bits per heavy atom. The second-order valence-corrected chi connectivity index (χ2v) is 9.35. The van der Waals surface area contributed by atoms with Gasteiger partial charge in [0.2, 0.25) is 0 Å². The first-order chi connectivity index (χ1) is 14.0. The predicted octanol–water partition coefficient (Wildman–Crippen LogP) is 3.85. The molecule has 3 aromatic heterocycles. The van der Waals surface area contributed by atoms with Crippen LogP contribution in [0.4, 0.5) is 10.9 Å². The number of carbonyl (C=O) groups excluding carboxylic acids is 1.